The predicted molar refractivity (Wildman–Crippen MR) is 78.5 cm³/mol. The highest BCUT2D eigenvalue weighted by atomic mass is 15.4. The fraction of sp³-hybridized carbons (Fsp3) is 0.154. The van der Waals surface area contributed by atoms with E-state index in [0.29, 0.717) is 17.8 Å². The molecule has 0 radical (unpaired) electrons. The quantitative estimate of drug-likeness (QED) is 0.540. The number of hydrogen-bond donors (Lipinski definition) is 0. The molecule has 4 aromatic heterocycles. The van der Waals surface area contributed by atoms with Crippen LogP contribution in [0.4, 0.5) is 0 Å². The van der Waals surface area contributed by atoms with Gasteiger partial charge in [-0.05, 0) is 13.8 Å². The highest BCUT2D eigenvalue weighted by molar-refractivity contribution is 5.28. The summed E-state index contributed by atoms with van der Waals surface area (Å²) < 4.78 is 5.18. The monoisotopic (exact) mass is 308 g/mol. The third-order valence-electron chi connectivity index (χ3n) is 3.33. The van der Waals surface area contributed by atoms with Crippen molar-refractivity contribution in [3.05, 3.63) is 49.1 Å². The van der Waals surface area contributed by atoms with E-state index >= 15 is 0 Å². The second-order valence-corrected chi connectivity index (χ2v) is 4.79. The molecular weight excluding hydrogens is 296 g/mol. The Morgan fingerprint density at radius 3 is 1.61 bits per heavy atom. The minimum atomic E-state index is 0.413. The maximum Gasteiger partial charge on any atom is 0.242 e. The second kappa shape index (κ2) is 5.09. The van der Waals surface area contributed by atoms with E-state index in [1.165, 1.54) is 12.7 Å². The summed E-state index contributed by atoms with van der Waals surface area (Å²) in [5.74, 6) is 2.89. The lowest BCUT2D eigenvalue weighted by atomic mass is 10.6. The van der Waals surface area contributed by atoms with Crippen LogP contribution in [0.5, 0.6) is 0 Å². The van der Waals surface area contributed by atoms with Gasteiger partial charge in [0.1, 0.15) is 24.3 Å². The standard InChI is InChI=1S/C13H12N10/c1-9-14-3-5-22(9)12-18-11(21-7-16-17-8-21)19-13(20-12)23-6-4-15-10(23)2/h3-8H,1-2H3. The third-order valence-corrected chi connectivity index (χ3v) is 3.33. The molecule has 4 aromatic rings. The molecule has 0 aromatic carbocycles. The topological polar surface area (TPSA) is 105 Å². The van der Waals surface area contributed by atoms with Gasteiger partial charge in [0, 0.05) is 24.8 Å². The van der Waals surface area contributed by atoms with E-state index in [0.717, 1.165) is 11.6 Å². The maximum absolute atomic E-state index is 4.52. The molecule has 4 rings (SSSR count). The van der Waals surface area contributed by atoms with Crippen LogP contribution in [-0.2, 0) is 0 Å². The average molecular weight is 308 g/mol. The summed E-state index contributed by atoms with van der Waals surface area (Å²) in [6, 6.07) is 0. The summed E-state index contributed by atoms with van der Waals surface area (Å²) in [4.78, 5) is 21.9. The van der Waals surface area contributed by atoms with Gasteiger partial charge in [-0.25, -0.2) is 9.97 Å². The van der Waals surface area contributed by atoms with Gasteiger partial charge in [0.05, 0.1) is 0 Å². The molecule has 0 N–H and O–H groups in total. The van der Waals surface area contributed by atoms with Crippen LogP contribution in [0.15, 0.2) is 37.4 Å². The molecule has 0 atom stereocenters. The predicted octanol–water partition coefficient (Wildman–Crippen LogP) is 0.441. The lowest BCUT2D eigenvalue weighted by Crippen LogP contribution is -2.13. The highest BCUT2D eigenvalue weighted by Gasteiger charge is 2.13. The van der Waals surface area contributed by atoms with Gasteiger partial charge in [-0.15, -0.1) is 10.2 Å². The largest absolute Gasteiger partial charge is 0.272 e. The lowest BCUT2D eigenvalue weighted by Gasteiger charge is -2.09. The summed E-state index contributed by atoms with van der Waals surface area (Å²) in [6.07, 6.45) is 10.0. The Kier molecular flexibility index (Phi) is 2.93. The van der Waals surface area contributed by atoms with Gasteiger partial charge in [-0.2, -0.15) is 15.0 Å². The molecule has 0 saturated carbocycles. The van der Waals surface area contributed by atoms with Crippen molar-refractivity contribution in [3.63, 3.8) is 0 Å². The Morgan fingerprint density at radius 1 is 0.696 bits per heavy atom. The van der Waals surface area contributed by atoms with Crippen LogP contribution >= 0.6 is 0 Å². The molecule has 0 saturated heterocycles. The molecule has 114 valence electrons. The first kappa shape index (κ1) is 13.2. The summed E-state index contributed by atoms with van der Waals surface area (Å²) in [6.45, 7) is 3.76. The number of imidazole rings is 2. The van der Waals surface area contributed by atoms with Crippen molar-refractivity contribution < 1.29 is 0 Å². The molecule has 0 spiro atoms. The lowest BCUT2D eigenvalue weighted by molar-refractivity contribution is 0.776. The average Bonchev–Trinajstić information content (AvgIpc) is 3.28. The maximum atomic E-state index is 4.52. The summed E-state index contributed by atoms with van der Waals surface area (Å²) in [5, 5.41) is 7.59. The molecule has 0 aliphatic carbocycles. The van der Waals surface area contributed by atoms with Crippen LogP contribution in [0.1, 0.15) is 11.6 Å². The Balaban J connectivity index is 1.95. The van der Waals surface area contributed by atoms with Crippen LogP contribution in [0.25, 0.3) is 17.8 Å². The van der Waals surface area contributed by atoms with Crippen LogP contribution in [0, 0.1) is 13.8 Å². The van der Waals surface area contributed by atoms with Crippen molar-refractivity contribution in [2.24, 2.45) is 0 Å². The normalized spacial score (nSPS) is 11.0. The Morgan fingerprint density at radius 2 is 1.17 bits per heavy atom. The fourth-order valence-electron chi connectivity index (χ4n) is 2.16. The molecule has 0 fully saturated rings. The van der Waals surface area contributed by atoms with Gasteiger partial charge in [0.2, 0.25) is 17.8 Å². The Hall–Kier alpha value is -3.43. The molecule has 0 unspecified atom stereocenters. The van der Waals surface area contributed by atoms with Gasteiger partial charge in [0.25, 0.3) is 0 Å². The molecular formula is C13H12N10. The van der Waals surface area contributed by atoms with Crippen LogP contribution < -0.4 is 0 Å². The zero-order valence-corrected chi connectivity index (χ0v) is 12.4. The number of rotatable bonds is 3. The first-order chi connectivity index (χ1) is 11.2. The zero-order valence-electron chi connectivity index (χ0n) is 12.4. The molecule has 0 amide bonds. The van der Waals surface area contributed by atoms with E-state index in [9.17, 15) is 0 Å². The van der Waals surface area contributed by atoms with Crippen molar-refractivity contribution in [2.45, 2.75) is 13.8 Å². The molecule has 10 nitrogen and oxygen atoms in total. The minimum Gasteiger partial charge on any atom is -0.272 e. The van der Waals surface area contributed by atoms with Crippen molar-refractivity contribution in [1.29, 1.82) is 0 Å². The molecule has 10 heteroatoms. The van der Waals surface area contributed by atoms with Gasteiger partial charge < -0.3 is 0 Å². The van der Waals surface area contributed by atoms with E-state index < -0.39 is 0 Å². The van der Waals surface area contributed by atoms with Crippen LogP contribution in [0.2, 0.25) is 0 Å². The van der Waals surface area contributed by atoms with Gasteiger partial charge in [0.15, 0.2) is 0 Å². The molecule has 0 aliphatic rings. The number of hydrogen-bond acceptors (Lipinski definition) is 7. The minimum absolute atomic E-state index is 0.413. The smallest absolute Gasteiger partial charge is 0.242 e. The molecule has 0 bridgehead atoms. The zero-order chi connectivity index (χ0) is 15.8. The second-order valence-electron chi connectivity index (χ2n) is 4.79. The van der Waals surface area contributed by atoms with Crippen molar-refractivity contribution in [3.8, 4) is 17.8 Å². The molecule has 23 heavy (non-hydrogen) atoms. The summed E-state index contributed by atoms with van der Waals surface area (Å²) in [5.41, 5.74) is 0. The Bertz CT molecular complexity index is 890. The van der Waals surface area contributed by atoms with E-state index in [4.69, 9.17) is 0 Å². The Labute approximate surface area is 130 Å². The van der Waals surface area contributed by atoms with E-state index in [2.05, 4.69) is 35.1 Å². The van der Waals surface area contributed by atoms with Gasteiger partial charge >= 0.3 is 0 Å². The van der Waals surface area contributed by atoms with E-state index in [-0.39, 0.29) is 0 Å². The van der Waals surface area contributed by atoms with E-state index in [1.54, 1.807) is 38.5 Å². The summed E-state index contributed by atoms with van der Waals surface area (Å²) in [7, 11) is 0. The van der Waals surface area contributed by atoms with E-state index in [1.807, 2.05) is 13.8 Å². The van der Waals surface area contributed by atoms with Crippen LogP contribution in [-0.4, -0.2) is 48.8 Å². The SMILES string of the molecule is Cc1nccn1-c1nc(-n2cnnc2)nc(-n2ccnc2C)n1. The van der Waals surface area contributed by atoms with Gasteiger partial charge in [-0.3, -0.25) is 13.7 Å². The first-order valence-electron chi connectivity index (χ1n) is 6.84. The molecule has 4 heterocycles. The number of aromatic nitrogens is 10. The van der Waals surface area contributed by atoms with Crippen molar-refractivity contribution in [2.75, 3.05) is 0 Å². The third kappa shape index (κ3) is 2.25. The van der Waals surface area contributed by atoms with Crippen molar-refractivity contribution in [1.82, 2.24) is 48.8 Å². The molecule has 0 aliphatic heterocycles. The first-order valence-corrected chi connectivity index (χ1v) is 6.84. The number of nitrogens with zero attached hydrogens (tertiary/aromatic N) is 10. The summed E-state index contributed by atoms with van der Waals surface area (Å²) >= 11 is 0. The van der Waals surface area contributed by atoms with Crippen LogP contribution in [0.3, 0.4) is 0 Å². The highest BCUT2D eigenvalue weighted by Crippen LogP contribution is 2.12. The number of aryl methyl sites for hydroxylation is 2. The van der Waals surface area contributed by atoms with Crippen molar-refractivity contribution >= 4 is 0 Å². The van der Waals surface area contributed by atoms with Gasteiger partial charge in [-0.1, -0.05) is 0 Å². The fourth-order valence-corrected chi connectivity index (χ4v) is 2.16.